The molecule has 6 atom stereocenters. The lowest BCUT2D eigenvalue weighted by Crippen LogP contribution is -2.30. The van der Waals surface area contributed by atoms with Gasteiger partial charge in [-0.1, -0.05) is 310 Å². The number of carbonyl (C=O) groups excluding carboxylic acids is 4. The van der Waals surface area contributed by atoms with Crippen molar-refractivity contribution >= 4 is 39.5 Å². The molecule has 0 aliphatic heterocycles. The van der Waals surface area contributed by atoms with Crippen molar-refractivity contribution in [3.05, 3.63) is 24.3 Å². The van der Waals surface area contributed by atoms with E-state index < -0.39 is 97.5 Å². The maximum atomic E-state index is 13.1. The van der Waals surface area contributed by atoms with Crippen LogP contribution in [0.3, 0.4) is 0 Å². The fourth-order valence-electron chi connectivity index (χ4n) is 10.9. The fourth-order valence-corrected chi connectivity index (χ4v) is 12.5. The molecule has 0 aromatic rings. The number of hydrogen-bond donors (Lipinski definition) is 3. The van der Waals surface area contributed by atoms with Gasteiger partial charge in [0.1, 0.15) is 19.3 Å². The van der Waals surface area contributed by atoms with Gasteiger partial charge in [-0.15, -0.1) is 0 Å². The SMILES string of the molecule is CCCCCC/C=C\C=C/CCCCCCCC(=O)OC[C@H](COP(=O)(O)OC[C@@H](O)COP(=O)(O)OC[C@@H](COC(=O)CCCCCCCCCC(C)C)OC(=O)CCCCCCCCCCC(C)CC)OC(=O)CCCCCCCCCCCCCCCCCCC. The zero-order valence-corrected chi connectivity index (χ0v) is 62.5. The molecule has 0 radical (unpaired) electrons. The molecule has 0 fully saturated rings. The number of phosphoric acid groups is 2. The Balaban J connectivity index is 5.29. The van der Waals surface area contributed by atoms with Gasteiger partial charge in [-0.05, 0) is 63.2 Å². The lowest BCUT2D eigenvalue weighted by Gasteiger charge is -2.21. The molecule has 0 aromatic heterocycles. The van der Waals surface area contributed by atoms with Crippen molar-refractivity contribution in [2.24, 2.45) is 11.8 Å². The Morgan fingerprint density at radius 3 is 0.957 bits per heavy atom. The molecule has 0 rings (SSSR count). The minimum Gasteiger partial charge on any atom is -0.462 e. The van der Waals surface area contributed by atoms with Crippen molar-refractivity contribution < 1.29 is 80.2 Å². The Bertz CT molecular complexity index is 1920. The molecule has 0 aromatic carbocycles. The molecular formula is C75H142O17P2. The summed E-state index contributed by atoms with van der Waals surface area (Å²) in [5.41, 5.74) is 0. The molecule has 0 aliphatic carbocycles. The lowest BCUT2D eigenvalue weighted by molar-refractivity contribution is -0.161. The van der Waals surface area contributed by atoms with Gasteiger partial charge in [-0.25, -0.2) is 9.13 Å². The monoisotopic (exact) mass is 1380 g/mol. The Hall–Kier alpha value is -2.46. The third-order valence-corrected chi connectivity index (χ3v) is 19.1. The summed E-state index contributed by atoms with van der Waals surface area (Å²) in [4.78, 5) is 72.7. The Morgan fingerprint density at radius 1 is 0.351 bits per heavy atom. The summed E-state index contributed by atoms with van der Waals surface area (Å²) in [5.74, 6) is -0.679. The molecule has 0 spiro atoms. The average molecular weight is 1380 g/mol. The van der Waals surface area contributed by atoms with Gasteiger partial charge in [0.2, 0.25) is 0 Å². The number of aliphatic hydroxyl groups excluding tert-OH is 1. The molecule has 0 saturated heterocycles. The second-order valence-corrected chi connectivity index (χ2v) is 30.0. The number of phosphoric ester groups is 2. The van der Waals surface area contributed by atoms with Gasteiger partial charge in [-0.3, -0.25) is 37.3 Å². The predicted octanol–water partition coefficient (Wildman–Crippen LogP) is 21.5. The second-order valence-electron chi connectivity index (χ2n) is 27.1. The quantitative estimate of drug-likeness (QED) is 0.0169. The van der Waals surface area contributed by atoms with E-state index in [1.54, 1.807) is 0 Å². The van der Waals surface area contributed by atoms with Crippen LogP contribution < -0.4 is 0 Å². The molecule has 3 unspecified atom stereocenters. The zero-order valence-electron chi connectivity index (χ0n) is 60.7. The number of carbonyl (C=O) groups is 4. The molecular weight excluding hydrogens is 1230 g/mol. The van der Waals surface area contributed by atoms with Crippen molar-refractivity contribution in [2.75, 3.05) is 39.6 Å². The number of unbranched alkanes of at least 4 members (excludes halogenated alkanes) is 38. The number of ether oxygens (including phenoxy) is 4. The van der Waals surface area contributed by atoms with Gasteiger partial charge in [0.25, 0.3) is 0 Å². The molecule has 0 bridgehead atoms. The topological polar surface area (TPSA) is 237 Å². The van der Waals surface area contributed by atoms with Crippen LogP contribution in [0.4, 0.5) is 0 Å². The van der Waals surface area contributed by atoms with Crippen molar-refractivity contribution in [3.8, 4) is 0 Å². The summed E-state index contributed by atoms with van der Waals surface area (Å²) in [6, 6.07) is 0. The molecule has 94 heavy (non-hydrogen) atoms. The molecule has 0 heterocycles. The first-order chi connectivity index (χ1) is 45.4. The normalized spacial score (nSPS) is 14.5. The molecule has 0 aliphatic rings. The van der Waals surface area contributed by atoms with E-state index in [-0.39, 0.29) is 25.7 Å². The van der Waals surface area contributed by atoms with Crippen molar-refractivity contribution in [1.29, 1.82) is 0 Å². The maximum Gasteiger partial charge on any atom is 0.472 e. The number of hydrogen-bond acceptors (Lipinski definition) is 15. The first kappa shape index (κ1) is 91.5. The molecule has 554 valence electrons. The van der Waals surface area contributed by atoms with E-state index in [4.69, 9.17) is 37.0 Å². The second kappa shape index (κ2) is 66.4. The van der Waals surface area contributed by atoms with Gasteiger partial charge in [-0.2, -0.15) is 0 Å². The molecule has 19 heteroatoms. The number of allylic oxidation sites excluding steroid dienone is 4. The zero-order chi connectivity index (χ0) is 69.3. The van der Waals surface area contributed by atoms with E-state index in [1.807, 2.05) is 0 Å². The molecule has 3 N–H and O–H groups in total. The summed E-state index contributed by atoms with van der Waals surface area (Å²) in [6.07, 6.45) is 56.3. The van der Waals surface area contributed by atoms with Crippen LogP contribution in [0.1, 0.15) is 363 Å². The third-order valence-electron chi connectivity index (χ3n) is 17.2. The minimum atomic E-state index is -4.96. The summed E-state index contributed by atoms with van der Waals surface area (Å²) in [6.45, 7) is 9.46. The van der Waals surface area contributed by atoms with E-state index in [0.717, 1.165) is 121 Å². The van der Waals surface area contributed by atoms with E-state index in [1.165, 1.54) is 154 Å². The number of rotatable bonds is 72. The Morgan fingerprint density at radius 2 is 0.628 bits per heavy atom. The first-order valence-electron chi connectivity index (χ1n) is 38.3. The molecule has 0 saturated carbocycles. The van der Waals surface area contributed by atoms with Gasteiger partial charge in [0.05, 0.1) is 26.4 Å². The van der Waals surface area contributed by atoms with Gasteiger partial charge in [0.15, 0.2) is 12.2 Å². The first-order valence-corrected chi connectivity index (χ1v) is 41.3. The smallest absolute Gasteiger partial charge is 0.462 e. The third kappa shape index (κ3) is 66.8. The lowest BCUT2D eigenvalue weighted by atomic mass is 9.99. The summed E-state index contributed by atoms with van der Waals surface area (Å²) < 4.78 is 68.4. The van der Waals surface area contributed by atoms with Crippen LogP contribution in [0.15, 0.2) is 24.3 Å². The van der Waals surface area contributed by atoms with Gasteiger partial charge < -0.3 is 33.8 Å². The summed E-state index contributed by atoms with van der Waals surface area (Å²) in [5, 5.41) is 10.6. The van der Waals surface area contributed by atoms with Gasteiger partial charge in [0, 0.05) is 25.7 Å². The highest BCUT2D eigenvalue weighted by atomic mass is 31.2. The maximum absolute atomic E-state index is 13.1. The molecule has 0 amide bonds. The van der Waals surface area contributed by atoms with Crippen molar-refractivity contribution in [3.63, 3.8) is 0 Å². The van der Waals surface area contributed by atoms with E-state index in [2.05, 4.69) is 65.8 Å². The summed E-state index contributed by atoms with van der Waals surface area (Å²) >= 11 is 0. The average Bonchev–Trinajstić information content (AvgIpc) is 1.20. The van der Waals surface area contributed by atoms with Crippen molar-refractivity contribution in [2.45, 2.75) is 381 Å². The van der Waals surface area contributed by atoms with Crippen LogP contribution in [0.2, 0.25) is 0 Å². The van der Waals surface area contributed by atoms with E-state index in [0.29, 0.717) is 31.6 Å². The van der Waals surface area contributed by atoms with Crippen LogP contribution >= 0.6 is 15.6 Å². The number of esters is 4. The predicted molar refractivity (Wildman–Crippen MR) is 381 cm³/mol. The van der Waals surface area contributed by atoms with Crippen LogP contribution in [0.5, 0.6) is 0 Å². The number of aliphatic hydroxyl groups is 1. The highest BCUT2D eigenvalue weighted by Crippen LogP contribution is 2.45. The van der Waals surface area contributed by atoms with E-state index in [9.17, 15) is 43.2 Å². The Labute approximate surface area is 573 Å². The van der Waals surface area contributed by atoms with Gasteiger partial charge >= 0.3 is 39.5 Å². The Kier molecular flexibility index (Phi) is 64.7. The highest BCUT2D eigenvalue weighted by molar-refractivity contribution is 7.47. The van der Waals surface area contributed by atoms with Crippen LogP contribution in [0.25, 0.3) is 0 Å². The largest absolute Gasteiger partial charge is 0.472 e. The fraction of sp³-hybridized carbons (Fsp3) is 0.893. The van der Waals surface area contributed by atoms with Crippen molar-refractivity contribution in [1.82, 2.24) is 0 Å². The van der Waals surface area contributed by atoms with E-state index >= 15 is 0 Å². The highest BCUT2D eigenvalue weighted by Gasteiger charge is 2.30. The summed E-state index contributed by atoms with van der Waals surface area (Å²) in [7, 11) is -9.92. The van der Waals surface area contributed by atoms with Crippen LogP contribution in [-0.2, 0) is 65.4 Å². The van der Waals surface area contributed by atoms with Crippen LogP contribution in [0, 0.1) is 11.8 Å². The van der Waals surface area contributed by atoms with Crippen LogP contribution in [-0.4, -0.2) is 96.7 Å². The minimum absolute atomic E-state index is 0.101. The molecule has 17 nitrogen and oxygen atoms in total. The standard InChI is InChI=1S/C75H142O17P2/c1-7-10-12-14-16-18-20-22-24-25-27-29-31-33-40-47-53-59-74(79)91-70(63-85-72(77)57-51-45-39-32-30-28-26-23-21-19-17-15-13-11-8-2)65-89-93(81,82)87-61-69(76)62-88-94(83,84)90-66-71(64-86-73(78)58-52-46-42-36-37-43-49-55-67(4)5)92-75(80)60-54-48-41-35-34-38-44-50-56-68(6)9-3/h19,21,23,26,67-71,76H,7-18,20,22,24-25,27-66H2,1-6H3,(H,81,82)(H,83,84)/b21-19-,26-23-/t68?,69-,70-,71-/m1/s1.